The van der Waals surface area contributed by atoms with Crippen molar-refractivity contribution in [1.82, 2.24) is 0 Å². The molecular formula is C32H31N3O4. The van der Waals surface area contributed by atoms with Crippen molar-refractivity contribution in [2.75, 3.05) is 23.9 Å². The van der Waals surface area contributed by atoms with Gasteiger partial charge in [-0.15, -0.1) is 0 Å². The topological polar surface area (TPSA) is 83.8 Å². The molecule has 198 valence electrons. The van der Waals surface area contributed by atoms with Crippen LogP contribution in [-0.2, 0) is 10.8 Å². The molecule has 3 aromatic carbocycles. The zero-order valence-electron chi connectivity index (χ0n) is 23.0. The number of anilines is 2. The van der Waals surface area contributed by atoms with Crippen LogP contribution in [0, 0.1) is 10.1 Å². The van der Waals surface area contributed by atoms with Gasteiger partial charge < -0.3 is 9.80 Å². The molecule has 3 aromatic rings. The first-order valence-corrected chi connectivity index (χ1v) is 12.8. The van der Waals surface area contributed by atoms with Crippen molar-refractivity contribution in [3.63, 3.8) is 0 Å². The number of allylic oxidation sites excluding steroid dienone is 4. The van der Waals surface area contributed by atoms with Crippen molar-refractivity contribution in [3.05, 3.63) is 123 Å². The minimum atomic E-state index is -0.602. The number of rotatable bonds is 5. The Kier molecular flexibility index (Phi) is 6.06. The largest absolute Gasteiger partial charge is 0.347 e. The summed E-state index contributed by atoms with van der Waals surface area (Å²) in [7, 11) is 3.79. The Morgan fingerprint density at radius 2 is 1.21 bits per heavy atom. The first-order chi connectivity index (χ1) is 18.4. The molecule has 0 radical (unpaired) electrons. The van der Waals surface area contributed by atoms with Gasteiger partial charge in [-0.1, -0.05) is 64.1 Å². The van der Waals surface area contributed by atoms with Gasteiger partial charge in [0.2, 0.25) is 0 Å². The monoisotopic (exact) mass is 521 g/mol. The molecule has 0 saturated carbocycles. The summed E-state index contributed by atoms with van der Waals surface area (Å²) in [5.74, 6) is -0.834. The van der Waals surface area contributed by atoms with E-state index < -0.39 is 21.5 Å². The maximum atomic E-state index is 13.4. The summed E-state index contributed by atoms with van der Waals surface area (Å²) in [4.78, 5) is 42.1. The molecule has 2 aliphatic rings. The van der Waals surface area contributed by atoms with E-state index in [0.29, 0.717) is 0 Å². The molecular weight excluding hydrogens is 490 g/mol. The highest BCUT2D eigenvalue weighted by molar-refractivity contribution is 6.11. The van der Waals surface area contributed by atoms with Crippen LogP contribution < -0.4 is 9.80 Å². The fourth-order valence-electron chi connectivity index (χ4n) is 5.97. The first-order valence-electron chi connectivity index (χ1n) is 12.8. The van der Waals surface area contributed by atoms with Gasteiger partial charge in [0.1, 0.15) is 0 Å². The molecule has 0 atom stereocenters. The highest BCUT2D eigenvalue weighted by Gasteiger charge is 2.40. The zero-order valence-corrected chi connectivity index (χ0v) is 23.0. The number of para-hydroxylation sites is 2. The summed E-state index contributed by atoms with van der Waals surface area (Å²) >= 11 is 0. The Morgan fingerprint density at radius 1 is 0.744 bits per heavy atom. The zero-order chi connectivity index (χ0) is 28.3. The van der Waals surface area contributed by atoms with Crippen LogP contribution >= 0.6 is 0 Å². The van der Waals surface area contributed by atoms with Gasteiger partial charge in [-0.3, -0.25) is 19.7 Å². The number of benzene rings is 3. The molecule has 5 rings (SSSR count). The highest BCUT2D eigenvalue weighted by Crippen LogP contribution is 2.48. The molecule has 0 aliphatic carbocycles. The summed E-state index contributed by atoms with van der Waals surface area (Å²) in [6.07, 6.45) is 3.01. The number of nitro groups is 1. The van der Waals surface area contributed by atoms with E-state index in [1.165, 1.54) is 30.4 Å². The molecule has 0 spiro atoms. The van der Waals surface area contributed by atoms with Crippen LogP contribution in [0.3, 0.4) is 0 Å². The molecule has 0 unspecified atom stereocenters. The second kappa shape index (κ2) is 9.05. The molecule has 2 aliphatic heterocycles. The molecule has 2 heterocycles. The lowest BCUT2D eigenvalue weighted by Gasteiger charge is -2.24. The second-order valence-electron chi connectivity index (χ2n) is 11.2. The minimum absolute atomic E-state index is 0.0532. The maximum Gasteiger partial charge on any atom is 0.281 e. The first kappa shape index (κ1) is 26.1. The normalized spacial score (nSPS) is 18.8. The lowest BCUT2D eigenvalue weighted by molar-refractivity contribution is -0.385. The molecule has 39 heavy (non-hydrogen) atoms. The predicted octanol–water partition coefficient (Wildman–Crippen LogP) is 6.58. The van der Waals surface area contributed by atoms with Crippen LogP contribution in [0.25, 0.3) is 0 Å². The molecule has 7 heteroatoms. The lowest BCUT2D eigenvalue weighted by atomic mass is 9.83. The number of likely N-dealkylation sites (N-methyl/N-ethyl adjacent to an activating group) is 2. The van der Waals surface area contributed by atoms with Crippen LogP contribution in [0.2, 0.25) is 0 Å². The summed E-state index contributed by atoms with van der Waals surface area (Å²) < 4.78 is 0. The number of hydrogen-bond donors (Lipinski definition) is 0. The van der Waals surface area contributed by atoms with E-state index in [4.69, 9.17) is 0 Å². The molecule has 0 amide bonds. The summed E-state index contributed by atoms with van der Waals surface area (Å²) in [5, 5.41) is 12.0. The Balaban J connectivity index is 1.49. The van der Waals surface area contributed by atoms with Gasteiger partial charge in [-0.25, -0.2) is 0 Å². The number of nitro benzene ring substituents is 1. The van der Waals surface area contributed by atoms with Gasteiger partial charge in [-0.2, -0.15) is 0 Å². The highest BCUT2D eigenvalue weighted by atomic mass is 16.6. The van der Waals surface area contributed by atoms with Crippen molar-refractivity contribution in [3.8, 4) is 0 Å². The van der Waals surface area contributed by atoms with Crippen molar-refractivity contribution in [2.45, 2.75) is 38.5 Å². The van der Waals surface area contributed by atoms with E-state index in [0.717, 1.165) is 33.9 Å². The van der Waals surface area contributed by atoms with Crippen molar-refractivity contribution >= 4 is 28.6 Å². The summed E-state index contributed by atoms with van der Waals surface area (Å²) in [6.45, 7) is 8.15. The van der Waals surface area contributed by atoms with Gasteiger partial charge in [0, 0.05) is 71.5 Å². The SMILES string of the molecule is CN1C(=CC(=O)c2ccc(C(=O)C=C3N(C)c4ccccc4C3(C)C)c([N+](=O)[O-])c2)C(C)(C)c2ccccc21. The Labute approximate surface area is 228 Å². The standard InChI is InChI=1S/C32H31N3O4/c1-31(2)22-11-7-9-13-24(22)33(5)29(31)18-27(36)20-15-16-21(26(17-20)35(38)39)28(37)19-30-32(3,4)23-12-8-10-14-25(23)34(30)6/h7-19H,1-6H3. The van der Waals surface area contributed by atoms with Crippen molar-refractivity contribution < 1.29 is 14.5 Å². The van der Waals surface area contributed by atoms with Crippen LogP contribution in [0.15, 0.2) is 90.3 Å². The number of nitrogens with zero attached hydrogens (tertiary/aromatic N) is 3. The van der Waals surface area contributed by atoms with Gasteiger partial charge in [0.25, 0.3) is 5.69 Å². The Hall–Kier alpha value is -4.52. The number of hydrogen-bond acceptors (Lipinski definition) is 6. The smallest absolute Gasteiger partial charge is 0.281 e. The molecule has 7 nitrogen and oxygen atoms in total. The third kappa shape index (κ3) is 4.05. The summed E-state index contributed by atoms with van der Waals surface area (Å²) in [5.41, 5.74) is 4.60. The fourth-order valence-corrected chi connectivity index (χ4v) is 5.97. The van der Waals surface area contributed by atoms with Gasteiger partial charge in [-0.05, 0) is 35.4 Å². The quantitative estimate of drug-likeness (QED) is 0.163. The van der Waals surface area contributed by atoms with Crippen LogP contribution in [0.1, 0.15) is 59.5 Å². The fraction of sp³-hybridized carbons (Fsp3) is 0.250. The number of fused-ring (bicyclic) bond motifs is 2. The van der Waals surface area contributed by atoms with Gasteiger partial charge in [0.05, 0.1) is 10.5 Å². The van der Waals surface area contributed by atoms with Crippen LogP contribution in [-0.4, -0.2) is 30.6 Å². The Bertz CT molecular complexity index is 1610. The van der Waals surface area contributed by atoms with E-state index in [2.05, 4.69) is 0 Å². The maximum absolute atomic E-state index is 13.4. The number of ketones is 2. The van der Waals surface area contributed by atoms with Crippen LogP contribution in [0.4, 0.5) is 17.1 Å². The third-order valence-corrected chi connectivity index (χ3v) is 8.16. The Morgan fingerprint density at radius 3 is 1.67 bits per heavy atom. The van der Waals surface area contributed by atoms with Crippen molar-refractivity contribution in [1.29, 1.82) is 0 Å². The molecule has 0 aromatic heterocycles. The van der Waals surface area contributed by atoms with Gasteiger partial charge in [0.15, 0.2) is 11.6 Å². The minimum Gasteiger partial charge on any atom is -0.347 e. The number of carbonyl (C=O) groups excluding carboxylic acids is 2. The van der Waals surface area contributed by atoms with E-state index >= 15 is 0 Å². The van der Waals surface area contributed by atoms with E-state index in [-0.39, 0.29) is 22.6 Å². The van der Waals surface area contributed by atoms with Crippen molar-refractivity contribution in [2.24, 2.45) is 0 Å². The van der Waals surface area contributed by atoms with E-state index in [1.54, 1.807) is 0 Å². The third-order valence-electron chi connectivity index (χ3n) is 8.16. The molecule has 0 N–H and O–H groups in total. The van der Waals surface area contributed by atoms with Gasteiger partial charge >= 0.3 is 0 Å². The lowest BCUT2D eigenvalue weighted by Crippen LogP contribution is -2.24. The second-order valence-corrected chi connectivity index (χ2v) is 11.2. The number of carbonyl (C=O) groups is 2. The average molecular weight is 522 g/mol. The predicted molar refractivity (Wildman–Crippen MR) is 154 cm³/mol. The van der Waals surface area contributed by atoms with E-state index in [9.17, 15) is 19.7 Å². The average Bonchev–Trinajstić information content (AvgIpc) is 3.22. The summed E-state index contributed by atoms with van der Waals surface area (Å²) in [6, 6.07) is 20.0. The molecule has 0 saturated heterocycles. The van der Waals surface area contributed by atoms with E-state index in [1.807, 2.05) is 100 Å². The molecule has 0 fully saturated rings. The van der Waals surface area contributed by atoms with Crippen LogP contribution in [0.5, 0.6) is 0 Å². The molecule has 0 bridgehead atoms.